The first-order valence-electron chi connectivity index (χ1n) is 12.2. The van der Waals surface area contributed by atoms with E-state index < -0.39 is 29.5 Å². The fraction of sp³-hybridized carbons (Fsp3) is 0.667. The minimum atomic E-state index is -0.896. The number of hydrogen-bond donors (Lipinski definition) is 1. The lowest BCUT2D eigenvalue weighted by Gasteiger charge is -2.30. The predicted molar refractivity (Wildman–Crippen MR) is 134 cm³/mol. The quantitative estimate of drug-likeness (QED) is 0.449. The molecule has 3 rings (SSSR count). The van der Waals surface area contributed by atoms with Crippen LogP contribution in [0.1, 0.15) is 77.9 Å². The van der Waals surface area contributed by atoms with Gasteiger partial charge in [0.25, 0.3) is 0 Å². The van der Waals surface area contributed by atoms with E-state index in [2.05, 4.69) is 11.9 Å². The molecule has 0 radical (unpaired) electrons. The minimum absolute atomic E-state index is 0.000113. The van der Waals surface area contributed by atoms with Gasteiger partial charge < -0.3 is 14.6 Å². The van der Waals surface area contributed by atoms with E-state index >= 15 is 0 Å². The largest absolute Gasteiger partial charge is 0.455 e. The molecule has 0 aliphatic carbocycles. The summed E-state index contributed by atoms with van der Waals surface area (Å²) < 4.78 is 11.9. The Balaban J connectivity index is 1.86. The molecule has 1 fully saturated rings. The Bertz CT molecular complexity index is 964. The molecular formula is C27H39NO5S. The number of ether oxygens (including phenoxy) is 2. The summed E-state index contributed by atoms with van der Waals surface area (Å²) in [6.07, 6.45) is 6.86. The van der Waals surface area contributed by atoms with Crippen LogP contribution < -0.4 is 0 Å². The third-order valence-corrected chi connectivity index (χ3v) is 8.15. The van der Waals surface area contributed by atoms with Gasteiger partial charge in [-0.2, -0.15) is 0 Å². The van der Waals surface area contributed by atoms with Gasteiger partial charge in [0.05, 0.1) is 28.5 Å². The van der Waals surface area contributed by atoms with Crippen LogP contribution in [0, 0.1) is 24.2 Å². The number of aliphatic hydroxyl groups is 1. The van der Waals surface area contributed by atoms with Gasteiger partial charge >= 0.3 is 5.97 Å². The van der Waals surface area contributed by atoms with Crippen molar-refractivity contribution in [1.82, 2.24) is 4.98 Å². The molecule has 6 nitrogen and oxygen atoms in total. The molecule has 2 aliphatic heterocycles. The first-order valence-corrected chi connectivity index (χ1v) is 13.1. The molecule has 34 heavy (non-hydrogen) atoms. The summed E-state index contributed by atoms with van der Waals surface area (Å²) in [6, 6.07) is 0. The topological polar surface area (TPSA) is 89.0 Å². The highest BCUT2D eigenvalue weighted by atomic mass is 32.1. The van der Waals surface area contributed by atoms with Crippen molar-refractivity contribution in [2.45, 2.75) is 98.1 Å². The number of thiazole rings is 1. The lowest BCUT2D eigenvalue weighted by molar-refractivity contribution is -0.141. The van der Waals surface area contributed by atoms with E-state index in [1.807, 2.05) is 32.2 Å². The van der Waals surface area contributed by atoms with Crippen LogP contribution in [0.2, 0.25) is 0 Å². The molecule has 0 saturated carbocycles. The Morgan fingerprint density at radius 3 is 2.62 bits per heavy atom. The van der Waals surface area contributed by atoms with Crippen LogP contribution in [0.3, 0.4) is 0 Å². The monoisotopic (exact) mass is 489 g/mol. The number of carbonyl (C=O) groups is 2. The maximum Gasteiger partial charge on any atom is 0.331 e. The fourth-order valence-electron chi connectivity index (χ4n) is 4.82. The van der Waals surface area contributed by atoms with Crippen molar-refractivity contribution in [3.05, 3.63) is 33.8 Å². The van der Waals surface area contributed by atoms with Crippen LogP contribution >= 0.6 is 11.3 Å². The van der Waals surface area contributed by atoms with Gasteiger partial charge in [0.2, 0.25) is 0 Å². The molecular weight excluding hydrogens is 450 g/mol. The number of cyclic esters (lactones) is 1. The Labute approximate surface area is 207 Å². The number of allylic oxidation sites excluding steroid dienone is 1. The average molecular weight is 490 g/mol. The summed E-state index contributed by atoms with van der Waals surface area (Å²) in [6.45, 7) is 13.3. The molecule has 1 aromatic rings. The van der Waals surface area contributed by atoms with E-state index in [0.29, 0.717) is 6.42 Å². The molecule has 1 N–H and O–H groups in total. The minimum Gasteiger partial charge on any atom is -0.455 e. The Morgan fingerprint density at radius 2 is 1.97 bits per heavy atom. The van der Waals surface area contributed by atoms with Gasteiger partial charge in [-0.05, 0) is 65.0 Å². The maximum atomic E-state index is 13.1. The third kappa shape index (κ3) is 6.43. The molecule has 2 aliphatic rings. The summed E-state index contributed by atoms with van der Waals surface area (Å²) in [7, 11) is 0. The number of nitrogens with zero attached hydrogens (tertiary/aromatic N) is 1. The molecule has 7 heteroatoms. The molecule has 0 spiro atoms. The molecule has 188 valence electrons. The lowest BCUT2D eigenvalue weighted by Crippen LogP contribution is -2.38. The van der Waals surface area contributed by atoms with E-state index in [1.54, 1.807) is 38.2 Å². The fourth-order valence-corrected chi connectivity index (χ4v) is 5.39. The van der Waals surface area contributed by atoms with Gasteiger partial charge in [0.1, 0.15) is 11.9 Å². The highest BCUT2D eigenvalue weighted by Crippen LogP contribution is 2.45. The molecule has 3 heterocycles. The molecule has 0 amide bonds. The second kappa shape index (κ2) is 10.4. The van der Waals surface area contributed by atoms with Crippen LogP contribution in [0.15, 0.2) is 23.1 Å². The standard InChI is InChI=1S/C27H39NO5S/c1-16-9-8-11-27(7)22(33-27)14-21(17(2)13-20-15-34-19(4)28-20)32-23(29)10-12-26(5,6)25(31)18(3)24(16)30/h10,12-13,15-16,18,21-22,24,30H,8-9,11,14H2,1-7H3/b12-10-,17-13?/t16-,18+,21-,22-,24+,27+/m0/s1. The zero-order chi connectivity index (χ0) is 25.3. The SMILES string of the molecule is CC(=Cc1csc(C)n1)[C@@H]1C[C@@H]2O[C@]2(C)CCC[C@H](C)[C@@H](O)[C@@H](C)C(=O)C(C)(C)/C=C\C(=O)O1. The van der Waals surface area contributed by atoms with E-state index in [4.69, 9.17) is 9.47 Å². The lowest BCUT2D eigenvalue weighted by atomic mass is 9.76. The smallest absolute Gasteiger partial charge is 0.331 e. The third-order valence-electron chi connectivity index (χ3n) is 7.35. The van der Waals surface area contributed by atoms with Crippen LogP contribution in [0.5, 0.6) is 0 Å². The van der Waals surface area contributed by atoms with Crippen molar-refractivity contribution in [2.24, 2.45) is 17.3 Å². The normalized spacial score (nSPS) is 36.5. The number of esters is 1. The Kier molecular flexibility index (Phi) is 8.21. The number of carbonyl (C=O) groups excluding carboxylic acids is 2. The summed E-state index contributed by atoms with van der Waals surface area (Å²) >= 11 is 1.58. The summed E-state index contributed by atoms with van der Waals surface area (Å²) in [5.74, 6) is -1.12. The molecule has 1 aromatic heterocycles. The van der Waals surface area contributed by atoms with Gasteiger partial charge in [-0.15, -0.1) is 11.3 Å². The first kappa shape index (κ1) is 26.8. The zero-order valence-electron chi connectivity index (χ0n) is 21.5. The summed E-state index contributed by atoms with van der Waals surface area (Å²) in [4.78, 5) is 30.4. The van der Waals surface area contributed by atoms with Crippen LogP contribution in [0.4, 0.5) is 0 Å². The molecule has 0 aromatic carbocycles. The van der Waals surface area contributed by atoms with Crippen LogP contribution in [0.25, 0.3) is 6.08 Å². The number of Topliss-reactive ketones (excluding diaryl/α,β-unsaturated/α-hetero) is 1. The van der Waals surface area contributed by atoms with E-state index in [9.17, 15) is 14.7 Å². The number of rotatable bonds is 2. The molecule has 1 saturated heterocycles. The van der Waals surface area contributed by atoms with Crippen molar-refractivity contribution >= 4 is 29.2 Å². The van der Waals surface area contributed by atoms with Crippen molar-refractivity contribution in [3.63, 3.8) is 0 Å². The number of aryl methyl sites for hydroxylation is 1. The Hall–Kier alpha value is -1.83. The molecule has 0 bridgehead atoms. The first-order chi connectivity index (χ1) is 15.8. The number of aromatic nitrogens is 1. The summed E-state index contributed by atoms with van der Waals surface area (Å²) in [5, 5.41) is 13.8. The number of epoxide rings is 1. The van der Waals surface area contributed by atoms with Crippen LogP contribution in [-0.4, -0.2) is 45.8 Å². The second-order valence-corrected chi connectivity index (χ2v) is 11.9. The van der Waals surface area contributed by atoms with E-state index in [-0.39, 0.29) is 23.4 Å². The van der Waals surface area contributed by atoms with Crippen LogP contribution in [-0.2, 0) is 19.1 Å². The average Bonchev–Trinajstić information content (AvgIpc) is 3.21. The van der Waals surface area contributed by atoms with Gasteiger partial charge in [-0.3, -0.25) is 4.79 Å². The zero-order valence-corrected chi connectivity index (χ0v) is 22.3. The second-order valence-electron chi connectivity index (χ2n) is 10.8. The maximum absolute atomic E-state index is 13.1. The van der Waals surface area contributed by atoms with Crippen molar-refractivity contribution in [1.29, 1.82) is 0 Å². The van der Waals surface area contributed by atoms with Gasteiger partial charge in [0, 0.05) is 29.2 Å². The number of hydrogen-bond acceptors (Lipinski definition) is 7. The van der Waals surface area contributed by atoms with Gasteiger partial charge in [0.15, 0.2) is 0 Å². The van der Waals surface area contributed by atoms with E-state index in [0.717, 1.165) is 35.5 Å². The highest BCUT2D eigenvalue weighted by molar-refractivity contribution is 7.09. The van der Waals surface area contributed by atoms with Crippen molar-refractivity contribution in [2.75, 3.05) is 0 Å². The van der Waals surface area contributed by atoms with Gasteiger partial charge in [-0.1, -0.05) is 26.3 Å². The Morgan fingerprint density at radius 1 is 1.26 bits per heavy atom. The molecule has 0 unspecified atom stereocenters. The van der Waals surface area contributed by atoms with Crippen molar-refractivity contribution in [3.8, 4) is 0 Å². The number of fused-ring (bicyclic) bond motifs is 1. The number of ketones is 1. The van der Waals surface area contributed by atoms with Crippen molar-refractivity contribution < 1.29 is 24.2 Å². The van der Waals surface area contributed by atoms with Gasteiger partial charge in [-0.25, -0.2) is 9.78 Å². The predicted octanol–water partition coefficient (Wildman–Crippen LogP) is 5.28. The highest BCUT2D eigenvalue weighted by Gasteiger charge is 2.52. The summed E-state index contributed by atoms with van der Waals surface area (Å²) in [5.41, 5.74) is 0.606. The van der Waals surface area contributed by atoms with E-state index in [1.165, 1.54) is 6.08 Å². The molecule has 6 atom stereocenters. The number of aliphatic hydroxyl groups excluding tert-OH is 1.